The van der Waals surface area contributed by atoms with E-state index >= 15 is 0 Å². The number of carbonyl (C=O) groups is 1. The Morgan fingerprint density at radius 1 is 1.29 bits per heavy atom. The minimum absolute atomic E-state index is 0.424. The maximum atomic E-state index is 11.2. The van der Waals surface area contributed by atoms with E-state index in [-0.39, 0.29) is 0 Å². The van der Waals surface area contributed by atoms with Crippen molar-refractivity contribution in [2.75, 3.05) is 7.11 Å². The van der Waals surface area contributed by atoms with Crippen LogP contribution >= 0.6 is 11.8 Å². The van der Waals surface area contributed by atoms with E-state index in [1.54, 1.807) is 7.11 Å². The van der Waals surface area contributed by atoms with Crippen LogP contribution in [0.3, 0.4) is 0 Å². The molecule has 0 saturated heterocycles. The fourth-order valence-corrected chi connectivity index (χ4v) is 3.40. The van der Waals surface area contributed by atoms with Crippen molar-refractivity contribution in [2.24, 2.45) is 0 Å². The zero-order chi connectivity index (χ0) is 12.3. The smallest absolute Gasteiger partial charge is 0.132 e. The van der Waals surface area contributed by atoms with Gasteiger partial charge in [0.15, 0.2) is 0 Å². The zero-order valence-corrected chi connectivity index (χ0v) is 11.2. The number of thioether (sulfide) groups is 1. The average Bonchev–Trinajstić information content (AvgIpc) is 2.32. The maximum Gasteiger partial charge on any atom is 0.132 e. The number of rotatable bonds is 3. The lowest BCUT2D eigenvalue weighted by molar-refractivity contribution is -0.120. The number of ketones is 1. The van der Waals surface area contributed by atoms with E-state index in [0.717, 1.165) is 31.4 Å². The van der Waals surface area contributed by atoms with Crippen LogP contribution in [-0.2, 0) is 4.79 Å². The van der Waals surface area contributed by atoms with Gasteiger partial charge in [-0.25, -0.2) is 0 Å². The van der Waals surface area contributed by atoms with Gasteiger partial charge >= 0.3 is 0 Å². The first-order valence-corrected chi connectivity index (χ1v) is 6.90. The number of methoxy groups -OCH3 is 1. The summed E-state index contributed by atoms with van der Waals surface area (Å²) in [7, 11) is 1.70. The molecule has 1 fully saturated rings. The SMILES string of the molecule is COc1ccc(SC2CCC(=O)CC2)cc1C. The molecule has 0 aromatic heterocycles. The summed E-state index contributed by atoms with van der Waals surface area (Å²) in [6.07, 6.45) is 3.56. The van der Waals surface area contributed by atoms with Crippen molar-refractivity contribution >= 4 is 17.5 Å². The summed E-state index contributed by atoms with van der Waals surface area (Å²) in [6.45, 7) is 2.06. The normalized spacial score (nSPS) is 17.2. The number of aryl methyl sites for hydroxylation is 1. The van der Waals surface area contributed by atoms with Crippen LogP contribution in [0.5, 0.6) is 5.75 Å². The monoisotopic (exact) mass is 250 g/mol. The Hall–Kier alpha value is -0.960. The van der Waals surface area contributed by atoms with E-state index in [2.05, 4.69) is 19.1 Å². The van der Waals surface area contributed by atoms with Gasteiger partial charge in [-0.3, -0.25) is 4.79 Å². The summed E-state index contributed by atoms with van der Waals surface area (Å²) in [4.78, 5) is 12.5. The van der Waals surface area contributed by atoms with Gasteiger partial charge in [0, 0.05) is 23.0 Å². The molecule has 0 heterocycles. The lowest BCUT2D eigenvalue weighted by Crippen LogP contribution is -2.15. The van der Waals surface area contributed by atoms with Gasteiger partial charge in [-0.15, -0.1) is 11.8 Å². The molecule has 3 heteroatoms. The molecule has 1 aromatic rings. The van der Waals surface area contributed by atoms with Gasteiger partial charge in [0.1, 0.15) is 11.5 Å². The highest BCUT2D eigenvalue weighted by Gasteiger charge is 2.19. The molecule has 0 atom stereocenters. The highest BCUT2D eigenvalue weighted by Crippen LogP contribution is 2.34. The highest BCUT2D eigenvalue weighted by molar-refractivity contribution is 8.00. The first-order valence-electron chi connectivity index (χ1n) is 6.02. The molecule has 0 spiro atoms. The molecule has 0 amide bonds. The van der Waals surface area contributed by atoms with Gasteiger partial charge in [-0.2, -0.15) is 0 Å². The summed E-state index contributed by atoms with van der Waals surface area (Å²) >= 11 is 1.89. The van der Waals surface area contributed by atoms with Crippen molar-refractivity contribution in [3.05, 3.63) is 23.8 Å². The summed E-state index contributed by atoms with van der Waals surface area (Å²) in [6, 6.07) is 6.29. The Balaban J connectivity index is 1.99. The average molecular weight is 250 g/mol. The van der Waals surface area contributed by atoms with Crippen molar-refractivity contribution in [1.82, 2.24) is 0 Å². The number of ether oxygens (including phenoxy) is 1. The van der Waals surface area contributed by atoms with Crippen molar-refractivity contribution < 1.29 is 9.53 Å². The van der Waals surface area contributed by atoms with Crippen LogP contribution in [0.25, 0.3) is 0 Å². The van der Waals surface area contributed by atoms with E-state index in [4.69, 9.17) is 4.74 Å². The Morgan fingerprint density at radius 3 is 2.59 bits per heavy atom. The minimum Gasteiger partial charge on any atom is -0.496 e. The van der Waals surface area contributed by atoms with E-state index in [0.29, 0.717) is 11.0 Å². The van der Waals surface area contributed by atoms with Gasteiger partial charge in [0.25, 0.3) is 0 Å². The summed E-state index contributed by atoms with van der Waals surface area (Å²) < 4.78 is 5.25. The molecule has 0 aliphatic heterocycles. The number of hydrogen-bond donors (Lipinski definition) is 0. The third-order valence-corrected chi connectivity index (χ3v) is 4.49. The van der Waals surface area contributed by atoms with E-state index in [1.807, 2.05) is 17.8 Å². The van der Waals surface area contributed by atoms with Gasteiger partial charge in [0.05, 0.1) is 7.11 Å². The molecular formula is C14H18O2S. The van der Waals surface area contributed by atoms with Crippen molar-refractivity contribution in [3.8, 4) is 5.75 Å². The molecule has 92 valence electrons. The van der Waals surface area contributed by atoms with Crippen LogP contribution in [0, 0.1) is 6.92 Å². The summed E-state index contributed by atoms with van der Waals surface area (Å²) in [5.74, 6) is 1.36. The van der Waals surface area contributed by atoms with Crippen molar-refractivity contribution in [3.63, 3.8) is 0 Å². The zero-order valence-electron chi connectivity index (χ0n) is 10.4. The van der Waals surface area contributed by atoms with Crippen molar-refractivity contribution in [1.29, 1.82) is 0 Å². The topological polar surface area (TPSA) is 26.3 Å². The van der Waals surface area contributed by atoms with Crippen LogP contribution in [0.2, 0.25) is 0 Å². The van der Waals surface area contributed by atoms with Crippen LogP contribution < -0.4 is 4.74 Å². The molecular weight excluding hydrogens is 232 g/mol. The van der Waals surface area contributed by atoms with Crippen LogP contribution in [0.4, 0.5) is 0 Å². The van der Waals surface area contributed by atoms with Gasteiger partial charge in [0.2, 0.25) is 0 Å². The van der Waals surface area contributed by atoms with E-state index < -0.39 is 0 Å². The number of carbonyl (C=O) groups excluding carboxylic acids is 1. The van der Waals surface area contributed by atoms with Crippen LogP contribution in [0.15, 0.2) is 23.1 Å². The van der Waals surface area contributed by atoms with Gasteiger partial charge in [-0.1, -0.05) is 0 Å². The molecule has 0 unspecified atom stereocenters. The number of benzene rings is 1. The first kappa shape index (κ1) is 12.5. The second-order valence-electron chi connectivity index (χ2n) is 4.49. The molecule has 2 rings (SSSR count). The van der Waals surface area contributed by atoms with Crippen molar-refractivity contribution in [2.45, 2.75) is 42.8 Å². The molecule has 17 heavy (non-hydrogen) atoms. The first-order chi connectivity index (χ1) is 8.19. The third kappa shape index (κ3) is 3.25. The lowest BCUT2D eigenvalue weighted by atomic mass is 9.99. The Bertz CT molecular complexity index is 405. The van der Waals surface area contributed by atoms with Gasteiger partial charge < -0.3 is 4.74 Å². The van der Waals surface area contributed by atoms with E-state index in [1.165, 1.54) is 10.5 Å². The molecule has 1 aromatic carbocycles. The van der Waals surface area contributed by atoms with Crippen LogP contribution in [0.1, 0.15) is 31.2 Å². The molecule has 1 saturated carbocycles. The summed E-state index contributed by atoms with van der Waals surface area (Å²) in [5, 5.41) is 0.598. The molecule has 2 nitrogen and oxygen atoms in total. The molecule has 1 aliphatic rings. The lowest BCUT2D eigenvalue weighted by Gasteiger charge is -2.20. The second kappa shape index (κ2) is 5.58. The van der Waals surface area contributed by atoms with Gasteiger partial charge in [-0.05, 0) is 43.5 Å². The third-order valence-electron chi connectivity index (χ3n) is 3.16. The highest BCUT2D eigenvalue weighted by atomic mass is 32.2. The largest absolute Gasteiger partial charge is 0.496 e. The standard InChI is InChI=1S/C14H18O2S/c1-10-9-13(7-8-14(10)16-2)17-12-5-3-11(15)4-6-12/h7-9,12H,3-6H2,1-2H3. The minimum atomic E-state index is 0.424. The fourth-order valence-electron chi connectivity index (χ4n) is 2.15. The Labute approximate surface area is 107 Å². The molecule has 0 radical (unpaired) electrons. The maximum absolute atomic E-state index is 11.2. The fraction of sp³-hybridized carbons (Fsp3) is 0.500. The molecule has 1 aliphatic carbocycles. The number of hydrogen-bond acceptors (Lipinski definition) is 3. The Morgan fingerprint density at radius 2 is 2.00 bits per heavy atom. The predicted octanol–water partition coefficient (Wildman–Crippen LogP) is 3.61. The quantitative estimate of drug-likeness (QED) is 0.819. The van der Waals surface area contributed by atoms with Crippen LogP contribution in [-0.4, -0.2) is 18.1 Å². The number of Topliss-reactive ketones (excluding diaryl/α,β-unsaturated/α-hetero) is 1. The molecule has 0 N–H and O–H groups in total. The predicted molar refractivity (Wildman–Crippen MR) is 70.9 cm³/mol. The second-order valence-corrected chi connectivity index (χ2v) is 5.86. The summed E-state index contributed by atoms with van der Waals surface area (Å²) in [5.41, 5.74) is 1.17. The van der Waals surface area contributed by atoms with E-state index in [9.17, 15) is 4.79 Å². The Kier molecular flexibility index (Phi) is 4.11. The molecule has 0 bridgehead atoms.